The first-order valence-electron chi connectivity index (χ1n) is 5.69. The number of ether oxygens (including phenoxy) is 1. The first-order chi connectivity index (χ1) is 8.34. The molecule has 0 atom stereocenters. The summed E-state index contributed by atoms with van der Waals surface area (Å²) < 4.78 is 20.2. The van der Waals surface area contributed by atoms with Crippen LogP contribution in [0.15, 0.2) is 43.0 Å². The predicted molar refractivity (Wildman–Crippen MR) is 63.4 cm³/mol. The molecule has 0 N–H and O–H groups in total. The first kappa shape index (κ1) is 11.6. The van der Waals surface area contributed by atoms with Crippen molar-refractivity contribution >= 4 is 0 Å². The lowest BCUT2D eigenvalue weighted by molar-refractivity contribution is 0.303. The predicted octanol–water partition coefficient (Wildman–Crippen LogP) is 2.88. The zero-order chi connectivity index (χ0) is 11.9. The van der Waals surface area contributed by atoms with Gasteiger partial charge in [-0.05, 0) is 37.1 Å². The largest absolute Gasteiger partial charge is 0.494 e. The molecule has 0 aliphatic heterocycles. The lowest BCUT2D eigenvalue weighted by atomic mass is 10.3. The molecule has 0 aliphatic rings. The van der Waals surface area contributed by atoms with Crippen molar-refractivity contribution in [1.29, 1.82) is 0 Å². The summed E-state index contributed by atoms with van der Waals surface area (Å²) in [6, 6.07) is 6.10. The molecule has 0 aliphatic carbocycles. The van der Waals surface area contributed by atoms with Gasteiger partial charge in [0.05, 0.1) is 12.9 Å². The number of aromatic nitrogens is 2. The number of halogens is 1. The third kappa shape index (κ3) is 3.90. The van der Waals surface area contributed by atoms with E-state index in [2.05, 4.69) is 4.98 Å². The Balaban J connectivity index is 1.61. The minimum atomic E-state index is -0.238. The number of hydrogen-bond acceptors (Lipinski definition) is 2. The van der Waals surface area contributed by atoms with Gasteiger partial charge in [0, 0.05) is 18.9 Å². The molecule has 0 amide bonds. The van der Waals surface area contributed by atoms with E-state index >= 15 is 0 Å². The first-order valence-corrected chi connectivity index (χ1v) is 5.69. The second kappa shape index (κ2) is 6.03. The molecule has 1 heterocycles. The summed E-state index contributed by atoms with van der Waals surface area (Å²) in [7, 11) is 0. The Labute approximate surface area is 99.9 Å². The van der Waals surface area contributed by atoms with Crippen molar-refractivity contribution in [2.45, 2.75) is 19.4 Å². The maximum atomic E-state index is 12.6. The summed E-state index contributed by atoms with van der Waals surface area (Å²) in [4.78, 5) is 3.97. The monoisotopic (exact) mass is 234 g/mol. The van der Waals surface area contributed by atoms with E-state index in [1.165, 1.54) is 12.1 Å². The number of nitrogens with zero attached hydrogens (tertiary/aromatic N) is 2. The molecule has 1 aromatic carbocycles. The molecule has 17 heavy (non-hydrogen) atoms. The average molecular weight is 234 g/mol. The normalized spacial score (nSPS) is 10.4. The van der Waals surface area contributed by atoms with Gasteiger partial charge in [0.1, 0.15) is 11.6 Å². The summed E-state index contributed by atoms with van der Waals surface area (Å²) in [5.74, 6) is 0.478. The maximum Gasteiger partial charge on any atom is 0.123 e. The second-order valence-electron chi connectivity index (χ2n) is 3.81. The van der Waals surface area contributed by atoms with Crippen LogP contribution in [0.2, 0.25) is 0 Å². The van der Waals surface area contributed by atoms with Crippen LogP contribution < -0.4 is 4.74 Å². The van der Waals surface area contributed by atoms with E-state index in [4.69, 9.17) is 4.74 Å². The van der Waals surface area contributed by atoms with E-state index < -0.39 is 0 Å². The minimum Gasteiger partial charge on any atom is -0.494 e. The number of imidazole rings is 1. The Kier molecular flexibility index (Phi) is 4.13. The van der Waals surface area contributed by atoms with E-state index in [1.807, 2.05) is 10.8 Å². The molecular weight excluding hydrogens is 219 g/mol. The second-order valence-corrected chi connectivity index (χ2v) is 3.81. The average Bonchev–Trinajstić information content (AvgIpc) is 2.84. The molecule has 2 aromatic rings. The number of benzene rings is 1. The highest BCUT2D eigenvalue weighted by molar-refractivity contribution is 5.21. The zero-order valence-electron chi connectivity index (χ0n) is 9.55. The summed E-state index contributed by atoms with van der Waals surface area (Å²) >= 11 is 0. The molecule has 0 spiro atoms. The van der Waals surface area contributed by atoms with Crippen molar-refractivity contribution in [2.75, 3.05) is 6.61 Å². The Bertz CT molecular complexity index is 425. The van der Waals surface area contributed by atoms with Crippen LogP contribution >= 0.6 is 0 Å². The summed E-state index contributed by atoms with van der Waals surface area (Å²) in [5.41, 5.74) is 0. The van der Waals surface area contributed by atoms with Crippen molar-refractivity contribution in [2.24, 2.45) is 0 Å². The van der Waals surface area contributed by atoms with Crippen molar-refractivity contribution in [3.63, 3.8) is 0 Å². The van der Waals surface area contributed by atoms with Gasteiger partial charge >= 0.3 is 0 Å². The van der Waals surface area contributed by atoms with Gasteiger partial charge in [-0.3, -0.25) is 0 Å². The van der Waals surface area contributed by atoms with Gasteiger partial charge in [-0.1, -0.05) is 0 Å². The lowest BCUT2D eigenvalue weighted by Gasteiger charge is -2.06. The highest BCUT2D eigenvalue weighted by atomic mass is 19.1. The molecular formula is C13H15FN2O. The molecule has 4 heteroatoms. The van der Waals surface area contributed by atoms with E-state index in [0.717, 1.165) is 19.4 Å². The minimum absolute atomic E-state index is 0.238. The molecule has 3 nitrogen and oxygen atoms in total. The Hall–Kier alpha value is -1.84. The van der Waals surface area contributed by atoms with Gasteiger partial charge < -0.3 is 9.30 Å². The fourth-order valence-electron chi connectivity index (χ4n) is 1.54. The van der Waals surface area contributed by atoms with Crippen LogP contribution in [-0.2, 0) is 6.54 Å². The topological polar surface area (TPSA) is 27.1 Å². The Morgan fingerprint density at radius 1 is 1.18 bits per heavy atom. The lowest BCUT2D eigenvalue weighted by Crippen LogP contribution is -2.00. The third-order valence-electron chi connectivity index (χ3n) is 2.45. The van der Waals surface area contributed by atoms with Crippen LogP contribution in [0.25, 0.3) is 0 Å². The van der Waals surface area contributed by atoms with Gasteiger partial charge in [0.15, 0.2) is 0 Å². The number of rotatable bonds is 6. The van der Waals surface area contributed by atoms with E-state index in [1.54, 1.807) is 24.7 Å². The number of unbranched alkanes of at least 4 members (excludes halogenated alkanes) is 1. The van der Waals surface area contributed by atoms with Gasteiger partial charge in [-0.15, -0.1) is 0 Å². The van der Waals surface area contributed by atoms with Crippen LogP contribution in [0.3, 0.4) is 0 Å². The summed E-state index contributed by atoms with van der Waals surface area (Å²) in [5, 5.41) is 0. The van der Waals surface area contributed by atoms with Crippen molar-refractivity contribution < 1.29 is 9.13 Å². The molecule has 0 saturated carbocycles. The summed E-state index contributed by atoms with van der Waals surface area (Å²) in [6.07, 6.45) is 7.53. The van der Waals surface area contributed by atoms with Crippen molar-refractivity contribution in [1.82, 2.24) is 9.55 Å². The Morgan fingerprint density at radius 3 is 2.71 bits per heavy atom. The van der Waals surface area contributed by atoms with E-state index in [0.29, 0.717) is 12.4 Å². The highest BCUT2D eigenvalue weighted by Gasteiger charge is 1.95. The fourth-order valence-corrected chi connectivity index (χ4v) is 1.54. The number of aryl methyl sites for hydroxylation is 1. The fraction of sp³-hybridized carbons (Fsp3) is 0.308. The molecule has 90 valence electrons. The number of hydrogen-bond donors (Lipinski definition) is 0. The van der Waals surface area contributed by atoms with Crippen LogP contribution in [0.5, 0.6) is 5.75 Å². The molecule has 0 radical (unpaired) electrons. The van der Waals surface area contributed by atoms with Crippen molar-refractivity contribution in [3.8, 4) is 5.75 Å². The van der Waals surface area contributed by atoms with E-state index in [-0.39, 0.29) is 5.82 Å². The van der Waals surface area contributed by atoms with Gasteiger partial charge in [0.25, 0.3) is 0 Å². The molecule has 1 aromatic heterocycles. The van der Waals surface area contributed by atoms with Crippen LogP contribution in [0.1, 0.15) is 12.8 Å². The zero-order valence-corrected chi connectivity index (χ0v) is 9.55. The quantitative estimate of drug-likeness (QED) is 0.718. The van der Waals surface area contributed by atoms with Crippen LogP contribution in [0, 0.1) is 5.82 Å². The molecule has 0 fully saturated rings. The molecule has 0 bridgehead atoms. The van der Waals surface area contributed by atoms with E-state index in [9.17, 15) is 4.39 Å². The molecule has 0 unspecified atom stereocenters. The molecule has 0 saturated heterocycles. The van der Waals surface area contributed by atoms with Gasteiger partial charge in [-0.25, -0.2) is 9.37 Å². The molecule has 2 rings (SSSR count). The standard InChI is InChI=1S/C13H15FN2O/c14-12-3-5-13(6-4-12)17-10-2-1-8-16-9-7-15-11-16/h3-7,9,11H,1-2,8,10H2. The SMILES string of the molecule is Fc1ccc(OCCCCn2ccnc2)cc1. The third-order valence-corrected chi connectivity index (χ3v) is 2.45. The van der Waals surface area contributed by atoms with Gasteiger partial charge in [-0.2, -0.15) is 0 Å². The smallest absolute Gasteiger partial charge is 0.123 e. The van der Waals surface area contributed by atoms with Gasteiger partial charge in [0.2, 0.25) is 0 Å². The highest BCUT2D eigenvalue weighted by Crippen LogP contribution is 2.11. The summed E-state index contributed by atoms with van der Waals surface area (Å²) in [6.45, 7) is 1.60. The maximum absolute atomic E-state index is 12.6. The Morgan fingerprint density at radius 2 is 2.00 bits per heavy atom. The van der Waals surface area contributed by atoms with Crippen LogP contribution in [0.4, 0.5) is 4.39 Å². The van der Waals surface area contributed by atoms with Crippen molar-refractivity contribution in [3.05, 3.63) is 48.8 Å². The van der Waals surface area contributed by atoms with Crippen LogP contribution in [-0.4, -0.2) is 16.2 Å².